The number of piperazine rings is 1. The van der Waals surface area contributed by atoms with Crippen molar-refractivity contribution in [3.05, 3.63) is 47.4 Å². The zero-order chi connectivity index (χ0) is 15.8. The predicted molar refractivity (Wildman–Crippen MR) is 93.7 cm³/mol. The molecule has 1 aromatic carbocycles. The van der Waals surface area contributed by atoms with Crippen molar-refractivity contribution in [1.82, 2.24) is 19.9 Å². The average Bonchev–Trinajstić information content (AvgIpc) is 2.99. The van der Waals surface area contributed by atoms with E-state index in [9.17, 15) is 0 Å². The quantitative estimate of drug-likeness (QED) is 0.786. The van der Waals surface area contributed by atoms with Crippen LogP contribution in [-0.2, 0) is 0 Å². The smallest absolute Gasteiger partial charge is 0.150 e. The summed E-state index contributed by atoms with van der Waals surface area (Å²) in [6.07, 6.45) is 2.05. The molecule has 3 heterocycles. The Morgan fingerprint density at radius 3 is 2.52 bits per heavy atom. The van der Waals surface area contributed by atoms with Gasteiger partial charge in [-0.3, -0.25) is 0 Å². The summed E-state index contributed by atoms with van der Waals surface area (Å²) < 4.78 is 2.09. The largest absolute Gasteiger partial charge is 0.353 e. The van der Waals surface area contributed by atoms with Crippen LogP contribution in [0, 0.1) is 6.92 Å². The number of nitrogens with zero attached hydrogens (tertiary/aromatic N) is 4. The van der Waals surface area contributed by atoms with E-state index in [1.54, 1.807) is 0 Å². The first kappa shape index (κ1) is 14.5. The van der Waals surface area contributed by atoms with Crippen LogP contribution in [0.2, 0.25) is 5.02 Å². The molecule has 1 N–H and O–H groups in total. The van der Waals surface area contributed by atoms with Crippen molar-refractivity contribution in [3.63, 3.8) is 0 Å². The Bertz CT molecular complexity index is 834. The van der Waals surface area contributed by atoms with Crippen LogP contribution >= 0.6 is 11.6 Å². The lowest BCUT2D eigenvalue weighted by Gasteiger charge is -2.29. The summed E-state index contributed by atoms with van der Waals surface area (Å²) in [5.41, 5.74) is 1.99. The van der Waals surface area contributed by atoms with Crippen LogP contribution in [0.1, 0.15) is 5.82 Å². The van der Waals surface area contributed by atoms with Crippen LogP contribution in [0.4, 0.5) is 5.82 Å². The van der Waals surface area contributed by atoms with E-state index in [2.05, 4.69) is 25.8 Å². The van der Waals surface area contributed by atoms with Crippen molar-refractivity contribution in [1.29, 1.82) is 0 Å². The number of hydrogen-bond donors (Lipinski definition) is 1. The van der Waals surface area contributed by atoms with Crippen LogP contribution in [0.3, 0.4) is 0 Å². The Balaban J connectivity index is 1.85. The van der Waals surface area contributed by atoms with Crippen molar-refractivity contribution in [2.24, 2.45) is 0 Å². The third-order valence-electron chi connectivity index (χ3n) is 4.16. The minimum Gasteiger partial charge on any atom is -0.353 e. The van der Waals surface area contributed by atoms with E-state index in [0.29, 0.717) is 0 Å². The Morgan fingerprint density at radius 1 is 1.04 bits per heavy atom. The molecule has 1 aliphatic rings. The lowest BCUT2D eigenvalue weighted by atomic mass is 10.3. The molecule has 1 fully saturated rings. The molecule has 0 saturated carbocycles. The second-order valence-corrected chi connectivity index (χ2v) is 6.17. The highest BCUT2D eigenvalue weighted by atomic mass is 35.5. The number of halogens is 1. The molecule has 3 aromatic rings. The molecule has 6 heteroatoms. The highest BCUT2D eigenvalue weighted by Crippen LogP contribution is 2.27. The minimum atomic E-state index is 0.734. The zero-order valence-corrected chi connectivity index (χ0v) is 13.7. The Hall–Kier alpha value is -2.11. The van der Waals surface area contributed by atoms with E-state index in [0.717, 1.165) is 59.6 Å². The Kier molecular flexibility index (Phi) is 3.67. The molecule has 0 aliphatic carbocycles. The van der Waals surface area contributed by atoms with Gasteiger partial charge < -0.3 is 14.8 Å². The van der Waals surface area contributed by atoms with Crippen LogP contribution in [-0.4, -0.2) is 40.7 Å². The fraction of sp³-hybridized carbons (Fsp3) is 0.294. The van der Waals surface area contributed by atoms with Crippen molar-refractivity contribution in [2.45, 2.75) is 6.92 Å². The van der Waals surface area contributed by atoms with E-state index in [4.69, 9.17) is 16.6 Å². The third-order valence-corrected chi connectivity index (χ3v) is 4.41. The molecule has 118 valence electrons. The van der Waals surface area contributed by atoms with Gasteiger partial charge in [0, 0.05) is 43.1 Å². The van der Waals surface area contributed by atoms with E-state index in [-0.39, 0.29) is 0 Å². The summed E-state index contributed by atoms with van der Waals surface area (Å²) >= 11 is 6.00. The first-order chi connectivity index (χ1) is 11.2. The molecule has 1 aliphatic heterocycles. The van der Waals surface area contributed by atoms with Crippen molar-refractivity contribution >= 4 is 28.5 Å². The van der Waals surface area contributed by atoms with E-state index in [1.807, 2.05) is 37.4 Å². The minimum absolute atomic E-state index is 0.734. The maximum absolute atomic E-state index is 6.00. The molecule has 0 radical (unpaired) electrons. The SMILES string of the molecule is Cc1nc(N2CCNCC2)c2ccn(-c3ccc(Cl)cc3)c2n1. The zero-order valence-electron chi connectivity index (χ0n) is 13.0. The normalized spacial score (nSPS) is 15.3. The van der Waals surface area contributed by atoms with Crippen LogP contribution < -0.4 is 10.2 Å². The molecule has 0 unspecified atom stereocenters. The number of aromatic nitrogens is 3. The predicted octanol–water partition coefficient (Wildman–Crippen LogP) is 2.79. The summed E-state index contributed by atoms with van der Waals surface area (Å²) in [6, 6.07) is 9.90. The molecule has 1 saturated heterocycles. The van der Waals surface area contributed by atoms with Gasteiger partial charge in [-0.25, -0.2) is 9.97 Å². The lowest BCUT2D eigenvalue weighted by Crippen LogP contribution is -2.44. The first-order valence-corrected chi connectivity index (χ1v) is 8.17. The van der Waals surface area contributed by atoms with Crippen LogP contribution in [0.15, 0.2) is 36.5 Å². The number of rotatable bonds is 2. The fourth-order valence-corrected chi connectivity index (χ4v) is 3.16. The summed E-state index contributed by atoms with van der Waals surface area (Å²) in [5.74, 6) is 1.82. The molecular formula is C17H18ClN5. The van der Waals surface area contributed by atoms with Crippen LogP contribution in [0.5, 0.6) is 0 Å². The number of nitrogens with one attached hydrogen (secondary N) is 1. The van der Waals surface area contributed by atoms with Gasteiger partial charge in [0.05, 0.1) is 5.39 Å². The van der Waals surface area contributed by atoms with E-state index in [1.165, 1.54) is 0 Å². The molecule has 0 spiro atoms. The molecular weight excluding hydrogens is 310 g/mol. The van der Waals surface area contributed by atoms with Gasteiger partial charge in [-0.15, -0.1) is 0 Å². The topological polar surface area (TPSA) is 46.0 Å². The fourth-order valence-electron chi connectivity index (χ4n) is 3.03. The summed E-state index contributed by atoms with van der Waals surface area (Å²) in [4.78, 5) is 11.7. The van der Waals surface area contributed by atoms with Gasteiger partial charge >= 0.3 is 0 Å². The molecule has 4 rings (SSSR count). The maximum atomic E-state index is 6.00. The van der Waals surface area contributed by atoms with E-state index < -0.39 is 0 Å². The van der Waals surface area contributed by atoms with Gasteiger partial charge in [-0.1, -0.05) is 11.6 Å². The Morgan fingerprint density at radius 2 is 1.78 bits per heavy atom. The maximum Gasteiger partial charge on any atom is 0.150 e. The molecule has 23 heavy (non-hydrogen) atoms. The highest BCUT2D eigenvalue weighted by molar-refractivity contribution is 6.30. The summed E-state index contributed by atoms with van der Waals surface area (Å²) in [6.45, 7) is 5.87. The standard InChI is InChI=1S/C17H18ClN5/c1-12-20-16(22-10-7-19-8-11-22)15-6-9-23(17(15)21-12)14-4-2-13(18)3-5-14/h2-6,9,19H,7-8,10-11H2,1H3. The van der Waals surface area contributed by atoms with Gasteiger partial charge in [-0.2, -0.15) is 0 Å². The average molecular weight is 328 g/mol. The number of hydrogen-bond acceptors (Lipinski definition) is 4. The Labute approximate surface area is 139 Å². The van der Waals surface area contributed by atoms with Crippen molar-refractivity contribution in [2.75, 3.05) is 31.1 Å². The number of benzene rings is 1. The number of anilines is 1. The molecule has 5 nitrogen and oxygen atoms in total. The second kappa shape index (κ2) is 5.83. The van der Waals surface area contributed by atoms with E-state index >= 15 is 0 Å². The van der Waals surface area contributed by atoms with Crippen molar-refractivity contribution < 1.29 is 0 Å². The summed E-state index contributed by atoms with van der Waals surface area (Å²) in [7, 11) is 0. The molecule has 2 aromatic heterocycles. The van der Waals surface area contributed by atoms with Gasteiger partial charge in [-0.05, 0) is 37.3 Å². The number of fused-ring (bicyclic) bond motifs is 1. The van der Waals surface area contributed by atoms with Gasteiger partial charge in [0.2, 0.25) is 0 Å². The lowest BCUT2D eigenvalue weighted by molar-refractivity contribution is 0.585. The second-order valence-electron chi connectivity index (χ2n) is 5.73. The van der Waals surface area contributed by atoms with Gasteiger partial charge in [0.15, 0.2) is 0 Å². The third kappa shape index (κ3) is 2.66. The summed E-state index contributed by atoms with van der Waals surface area (Å²) in [5, 5.41) is 5.20. The van der Waals surface area contributed by atoms with Gasteiger partial charge in [0.25, 0.3) is 0 Å². The molecule has 0 atom stereocenters. The van der Waals surface area contributed by atoms with Gasteiger partial charge in [0.1, 0.15) is 17.3 Å². The molecule has 0 bridgehead atoms. The molecule has 0 amide bonds. The van der Waals surface area contributed by atoms with Crippen LogP contribution in [0.25, 0.3) is 16.7 Å². The highest BCUT2D eigenvalue weighted by Gasteiger charge is 2.18. The van der Waals surface area contributed by atoms with Crippen molar-refractivity contribution in [3.8, 4) is 5.69 Å². The monoisotopic (exact) mass is 327 g/mol. The first-order valence-electron chi connectivity index (χ1n) is 7.80. The number of aryl methyl sites for hydroxylation is 1.